The summed E-state index contributed by atoms with van der Waals surface area (Å²) in [5.74, 6) is 0. The average molecular weight is 204 g/mol. The van der Waals surface area contributed by atoms with Gasteiger partial charge in [-0.05, 0) is 18.9 Å². The van der Waals surface area contributed by atoms with E-state index in [-0.39, 0.29) is 5.41 Å². The Kier molecular flexibility index (Phi) is 4.54. The summed E-state index contributed by atoms with van der Waals surface area (Å²) < 4.78 is 0. The summed E-state index contributed by atoms with van der Waals surface area (Å²) in [6.07, 6.45) is 5.58. The molecule has 0 aliphatic carbocycles. The molecule has 0 amide bonds. The normalized spacial score (nSPS) is 14.5. The van der Waals surface area contributed by atoms with Gasteiger partial charge < -0.3 is 4.79 Å². The van der Waals surface area contributed by atoms with Crippen molar-refractivity contribution in [3.05, 3.63) is 35.9 Å². The molecule has 0 N–H and O–H groups in total. The van der Waals surface area contributed by atoms with Crippen LogP contribution in [-0.2, 0) is 10.2 Å². The van der Waals surface area contributed by atoms with Gasteiger partial charge in [0.1, 0.15) is 6.29 Å². The summed E-state index contributed by atoms with van der Waals surface area (Å²) in [6, 6.07) is 10.1. The number of unbranched alkanes of at least 4 members (excludes halogenated alkanes) is 2. The van der Waals surface area contributed by atoms with Gasteiger partial charge in [0, 0.05) is 5.41 Å². The van der Waals surface area contributed by atoms with Crippen LogP contribution in [0.3, 0.4) is 0 Å². The number of benzene rings is 1. The van der Waals surface area contributed by atoms with Gasteiger partial charge in [0.25, 0.3) is 0 Å². The molecule has 1 rings (SSSR count). The number of hydrogen-bond donors (Lipinski definition) is 0. The van der Waals surface area contributed by atoms with Gasteiger partial charge in [-0.25, -0.2) is 0 Å². The SMILES string of the molecule is CCCCCC(C)(C=O)c1ccccc1. The van der Waals surface area contributed by atoms with Crippen molar-refractivity contribution in [1.82, 2.24) is 0 Å². The number of aldehydes is 1. The van der Waals surface area contributed by atoms with Crippen molar-refractivity contribution in [3.8, 4) is 0 Å². The molecule has 0 saturated heterocycles. The minimum Gasteiger partial charge on any atom is -0.302 e. The minimum atomic E-state index is -0.295. The fraction of sp³-hybridized carbons (Fsp3) is 0.500. The molecule has 0 radical (unpaired) electrons. The second-order valence-corrected chi connectivity index (χ2v) is 4.36. The molecule has 0 aromatic heterocycles. The van der Waals surface area contributed by atoms with E-state index in [1.54, 1.807) is 0 Å². The summed E-state index contributed by atoms with van der Waals surface area (Å²) in [7, 11) is 0. The van der Waals surface area contributed by atoms with Crippen LogP contribution in [0.1, 0.15) is 45.1 Å². The van der Waals surface area contributed by atoms with Gasteiger partial charge in [-0.15, -0.1) is 0 Å². The molecule has 1 nitrogen and oxygen atoms in total. The first-order chi connectivity index (χ1) is 7.23. The van der Waals surface area contributed by atoms with Crippen molar-refractivity contribution in [2.45, 2.75) is 44.9 Å². The maximum Gasteiger partial charge on any atom is 0.130 e. The Hall–Kier alpha value is -1.11. The third-order valence-corrected chi connectivity index (χ3v) is 2.99. The number of carbonyl (C=O) groups excluding carboxylic acids is 1. The van der Waals surface area contributed by atoms with Gasteiger partial charge in [-0.2, -0.15) is 0 Å². The zero-order valence-corrected chi connectivity index (χ0v) is 9.70. The molecule has 15 heavy (non-hydrogen) atoms. The zero-order chi connectivity index (χ0) is 11.1. The third-order valence-electron chi connectivity index (χ3n) is 2.99. The first-order valence-electron chi connectivity index (χ1n) is 5.75. The molecular formula is C14H20O. The summed E-state index contributed by atoms with van der Waals surface area (Å²) in [5, 5.41) is 0. The number of hydrogen-bond acceptors (Lipinski definition) is 1. The van der Waals surface area contributed by atoms with Crippen LogP contribution in [0.25, 0.3) is 0 Å². The van der Waals surface area contributed by atoms with Crippen molar-refractivity contribution in [1.29, 1.82) is 0 Å². The van der Waals surface area contributed by atoms with Gasteiger partial charge >= 0.3 is 0 Å². The molecule has 82 valence electrons. The van der Waals surface area contributed by atoms with Crippen LogP contribution in [0.5, 0.6) is 0 Å². The van der Waals surface area contributed by atoms with Crippen molar-refractivity contribution >= 4 is 6.29 Å². The van der Waals surface area contributed by atoms with Gasteiger partial charge in [-0.3, -0.25) is 0 Å². The molecule has 1 aromatic carbocycles. The lowest BCUT2D eigenvalue weighted by Gasteiger charge is -2.23. The Bertz CT molecular complexity index is 291. The van der Waals surface area contributed by atoms with E-state index in [0.29, 0.717) is 0 Å². The zero-order valence-electron chi connectivity index (χ0n) is 9.70. The lowest BCUT2D eigenvalue weighted by atomic mass is 9.79. The van der Waals surface area contributed by atoms with Crippen LogP contribution in [0.2, 0.25) is 0 Å². The van der Waals surface area contributed by atoms with E-state index in [1.807, 2.05) is 37.3 Å². The Labute approximate surface area is 92.5 Å². The molecule has 0 spiro atoms. The van der Waals surface area contributed by atoms with E-state index >= 15 is 0 Å². The Balaban J connectivity index is 2.72. The first kappa shape index (κ1) is 12.0. The minimum absolute atomic E-state index is 0.295. The Morgan fingerprint density at radius 1 is 1.20 bits per heavy atom. The highest BCUT2D eigenvalue weighted by atomic mass is 16.1. The Morgan fingerprint density at radius 2 is 1.87 bits per heavy atom. The molecule has 0 aliphatic rings. The fourth-order valence-corrected chi connectivity index (χ4v) is 1.83. The van der Waals surface area contributed by atoms with E-state index < -0.39 is 0 Å². The molecule has 0 bridgehead atoms. The molecule has 0 heterocycles. The smallest absolute Gasteiger partial charge is 0.130 e. The quantitative estimate of drug-likeness (QED) is 0.510. The standard InChI is InChI=1S/C14H20O/c1-3-4-8-11-14(2,12-15)13-9-6-5-7-10-13/h5-7,9-10,12H,3-4,8,11H2,1-2H3. The maximum atomic E-state index is 11.2. The van der Waals surface area contributed by atoms with E-state index in [1.165, 1.54) is 12.8 Å². The molecule has 0 saturated carbocycles. The molecule has 1 aromatic rings. The van der Waals surface area contributed by atoms with Gasteiger partial charge in [-0.1, -0.05) is 56.5 Å². The van der Waals surface area contributed by atoms with Crippen LogP contribution in [0.4, 0.5) is 0 Å². The Morgan fingerprint density at radius 3 is 2.40 bits per heavy atom. The first-order valence-corrected chi connectivity index (χ1v) is 5.75. The largest absolute Gasteiger partial charge is 0.302 e. The molecule has 0 aliphatic heterocycles. The van der Waals surface area contributed by atoms with Crippen LogP contribution < -0.4 is 0 Å². The van der Waals surface area contributed by atoms with E-state index in [4.69, 9.17) is 0 Å². The maximum absolute atomic E-state index is 11.2. The predicted molar refractivity (Wildman–Crippen MR) is 64.0 cm³/mol. The van der Waals surface area contributed by atoms with Crippen molar-refractivity contribution < 1.29 is 4.79 Å². The molecule has 1 unspecified atom stereocenters. The van der Waals surface area contributed by atoms with Gasteiger partial charge in [0.05, 0.1) is 0 Å². The van der Waals surface area contributed by atoms with Gasteiger partial charge in [0.15, 0.2) is 0 Å². The summed E-state index contributed by atoms with van der Waals surface area (Å²) in [4.78, 5) is 11.2. The second-order valence-electron chi connectivity index (χ2n) is 4.36. The molecule has 0 fully saturated rings. The van der Waals surface area contributed by atoms with Crippen LogP contribution in [0.15, 0.2) is 30.3 Å². The van der Waals surface area contributed by atoms with Crippen LogP contribution in [-0.4, -0.2) is 6.29 Å². The van der Waals surface area contributed by atoms with E-state index in [0.717, 1.165) is 24.7 Å². The van der Waals surface area contributed by atoms with E-state index in [9.17, 15) is 4.79 Å². The van der Waals surface area contributed by atoms with Crippen molar-refractivity contribution in [2.24, 2.45) is 0 Å². The summed E-state index contributed by atoms with van der Waals surface area (Å²) in [5.41, 5.74) is 0.840. The third kappa shape index (κ3) is 3.19. The summed E-state index contributed by atoms with van der Waals surface area (Å²) in [6.45, 7) is 4.21. The highest BCUT2D eigenvalue weighted by molar-refractivity contribution is 5.67. The number of carbonyl (C=O) groups is 1. The van der Waals surface area contributed by atoms with Crippen LogP contribution >= 0.6 is 0 Å². The number of rotatable bonds is 6. The van der Waals surface area contributed by atoms with Gasteiger partial charge in [0.2, 0.25) is 0 Å². The predicted octanol–water partition coefficient (Wildman–Crippen LogP) is 3.72. The molecular weight excluding hydrogens is 184 g/mol. The van der Waals surface area contributed by atoms with Crippen molar-refractivity contribution in [2.75, 3.05) is 0 Å². The molecule has 1 atom stereocenters. The summed E-state index contributed by atoms with van der Waals surface area (Å²) >= 11 is 0. The average Bonchev–Trinajstić information content (AvgIpc) is 2.30. The second kappa shape index (κ2) is 5.69. The van der Waals surface area contributed by atoms with Crippen molar-refractivity contribution in [3.63, 3.8) is 0 Å². The topological polar surface area (TPSA) is 17.1 Å². The monoisotopic (exact) mass is 204 g/mol. The lowest BCUT2D eigenvalue weighted by molar-refractivity contribution is -0.112. The highest BCUT2D eigenvalue weighted by Crippen LogP contribution is 2.27. The fourth-order valence-electron chi connectivity index (χ4n) is 1.83. The molecule has 1 heteroatoms. The lowest BCUT2D eigenvalue weighted by Crippen LogP contribution is -2.23. The highest BCUT2D eigenvalue weighted by Gasteiger charge is 2.24. The van der Waals surface area contributed by atoms with Crippen LogP contribution in [0, 0.1) is 0 Å². The van der Waals surface area contributed by atoms with E-state index in [2.05, 4.69) is 6.92 Å².